The van der Waals surface area contributed by atoms with E-state index in [0.717, 1.165) is 12.2 Å². The predicted molar refractivity (Wildman–Crippen MR) is 79.9 cm³/mol. The normalized spacial score (nSPS) is 22.5. The summed E-state index contributed by atoms with van der Waals surface area (Å²) in [6.45, 7) is 4.84. The van der Waals surface area contributed by atoms with Crippen molar-refractivity contribution in [2.45, 2.75) is 45.3 Å². The Balaban J connectivity index is 2.44. The van der Waals surface area contributed by atoms with Gasteiger partial charge in [-0.25, -0.2) is 0 Å². The van der Waals surface area contributed by atoms with Crippen LogP contribution in [-0.4, -0.2) is 59.2 Å². The van der Waals surface area contributed by atoms with Crippen LogP contribution in [0.15, 0.2) is 0 Å². The number of thioether (sulfide) groups is 1. The van der Waals surface area contributed by atoms with E-state index in [1.54, 1.807) is 23.8 Å². The Labute approximate surface area is 125 Å². The number of methoxy groups -OCH3 is 1. The monoisotopic (exact) mass is 303 g/mol. The van der Waals surface area contributed by atoms with Crippen LogP contribution in [0.3, 0.4) is 0 Å². The fraction of sp³-hybridized carbons (Fsp3) is 0.857. The molecule has 1 rings (SSSR count). The fourth-order valence-electron chi connectivity index (χ4n) is 2.31. The van der Waals surface area contributed by atoms with Crippen molar-refractivity contribution in [2.75, 3.05) is 25.2 Å². The van der Waals surface area contributed by atoms with Crippen molar-refractivity contribution >= 4 is 23.6 Å². The number of aliphatic carboxylic acids is 1. The minimum Gasteiger partial charge on any atom is -0.481 e. The summed E-state index contributed by atoms with van der Waals surface area (Å²) in [6, 6.07) is -0.226. The van der Waals surface area contributed by atoms with Gasteiger partial charge in [-0.05, 0) is 24.5 Å². The average molecular weight is 303 g/mol. The summed E-state index contributed by atoms with van der Waals surface area (Å²) < 4.78 is 5.27. The Kier molecular flexibility index (Phi) is 7.37. The van der Waals surface area contributed by atoms with Gasteiger partial charge in [0.15, 0.2) is 0 Å². The molecule has 20 heavy (non-hydrogen) atoms. The Bertz CT molecular complexity index is 335. The van der Waals surface area contributed by atoms with Crippen molar-refractivity contribution in [3.8, 4) is 0 Å². The zero-order valence-corrected chi connectivity index (χ0v) is 13.3. The average Bonchev–Trinajstić information content (AvgIpc) is 2.76. The van der Waals surface area contributed by atoms with Gasteiger partial charge in [0.05, 0.1) is 18.3 Å². The molecule has 0 aromatic rings. The number of likely N-dealkylation sites (tertiary alicyclic amines) is 1. The zero-order valence-electron chi connectivity index (χ0n) is 12.5. The zero-order chi connectivity index (χ0) is 15.1. The van der Waals surface area contributed by atoms with Gasteiger partial charge in [0, 0.05) is 19.7 Å². The second kappa shape index (κ2) is 8.52. The van der Waals surface area contributed by atoms with Gasteiger partial charge in [-0.3, -0.25) is 9.59 Å². The quantitative estimate of drug-likeness (QED) is 0.693. The molecule has 0 aromatic carbocycles. The van der Waals surface area contributed by atoms with Gasteiger partial charge in [-0.1, -0.05) is 13.8 Å². The number of carboxylic acids is 1. The van der Waals surface area contributed by atoms with Crippen LogP contribution < -0.4 is 0 Å². The number of hydrogen-bond acceptors (Lipinski definition) is 4. The third-order valence-electron chi connectivity index (χ3n) is 3.51. The van der Waals surface area contributed by atoms with Crippen molar-refractivity contribution < 1.29 is 19.4 Å². The number of carbonyl (C=O) groups excluding carboxylic acids is 1. The smallest absolute Gasteiger partial charge is 0.305 e. The summed E-state index contributed by atoms with van der Waals surface area (Å²) in [5.74, 6) is 1.21. The maximum Gasteiger partial charge on any atom is 0.305 e. The fourth-order valence-corrected chi connectivity index (χ4v) is 3.43. The lowest BCUT2D eigenvalue weighted by atomic mass is 10.1. The molecule has 1 amide bonds. The van der Waals surface area contributed by atoms with Gasteiger partial charge in [-0.2, -0.15) is 11.8 Å². The number of carboxylic acid groups (broad SMARTS) is 1. The van der Waals surface area contributed by atoms with Crippen LogP contribution >= 0.6 is 11.8 Å². The number of nitrogens with zero attached hydrogens (tertiary/aromatic N) is 1. The lowest BCUT2D eigenvalue weighted by Crippen LogP contribution is -2.38. The maximum absolute atomic E-state index is 12.2. The molecular formula is C14H25NO4S. The van der Waals surface area contributed by atoms with Gasteiger partial charge in [-0.15, -0.1) is 0 Å². The molecule has 1 N–H and O–H groups in total. The van der Waals surface area contributed by atoms with Gasteiger partial charge in [0.2, 0.25) is 5.91 Å². The van der Waals surface area contributed by atoms with E-state index >= 15 is 0 Å². The SMILES string of the molecule is COC1CC(CC(=O)O)N(C(=O)CSCCC(C)C)C1. The third-order valence-corrected chi connectivity index (χ3v) is 4.48. The first-order valence-corrected chi connectivity index (χ1v) is 8.21. The number of carbonyl (C=O) groups is 2. The predicted octanol–water partition coefficient (Wildman–Crippen LogP) is 1.86. The summed E-state index contributed by atoms with van der Waals surface area (Å²) in [4.78, 5) is 24.8. The lowest BCUT2D eigenvalue weighted by molar-refractivity contribution is -0.139. The van der Waals surface area contributed by atoms with Crippen LogP contribution in [-0.2, 0) is 14.3 Å². The Hall–Kier alpha value is -0.750. The Morgan fingerprint density at radius 3 is 2.70 bits per heavy atom. The summed E-state index contributed by atoms with van der Waals surface area (Å²) in [7, 11) is 1.61. The van der Waals surface area contributed by atoms with Gasteiger partial charge < -0.3 is 14.7 Å². The summed E-state index contributed by atoms with van der Waals surface area (Å²) in [5, 5.41) is 8.92. The first kappa shape index (κ1) is 17.3. The third kappa shape index (κ3) is 5.71. The van der Waals surface area contributed by atoms with Gasteiger partial charge >= 0.3 is 5.97 Å². The molecule has 0 radical (unpaired) electrons. The highest BCUT2D eigenvalue weighted by molar-refractivity contribution is 7.99. The van der Waals surface area contributed by atoms with Crippen molar-refractivity contribution in [3.05, 3.63) is 0 Å². The largest absolute Gasteiger partial charge is 0.481 e. The molecule has 5 nitrogen and oxygen atoms in total. The van der Waals surface area contributed by atoms with E-state index in [4.69, 9.17) is 9.84 Å². The van der Waals surface area contributed by atoms with Crippen LogP contribution in [0, 0.1) is 5.92 Å². The maximum atomic E-state index is 12.2. The van der Waals surface area contributed by atoms with Gasteiger partial charge in [0.25, 0.3) is 0 Å². The standard InChI is InChI=1S/C14H25NO4S/c1-10(2)4-5-20-9-13(16)15-8-12(19-3)6-11(15)7-14(17)18/h10-12H,4-9H2,1-3H3,(H,17,18). The van der Waals surface area contributed by atoms with Crippen LogP contribution in [0.1, 0.15) is 33.1 Å². The molecule has 116 valence electrons. The minimum atomic E-state index is -0.864. The van der Waals surface area contributed by atoms with E-state index in [9.17, 15) is 9.59 Å². The molecule has 1 fully saturated rings. The molecule has 0 aliphatic carbocycles. The molecule has 2 unspecified atom stereocenters. The molecule has 6 heteroatoms. The van der Waals surface area contributed by atoms with E-state index in [0.29, 0.717) is 24.6 Å². The second-order valence-corrected chi connectivity index (χ2v) is 6.73. The highest BCUT2D eigenvalue weighted by atomic mass is 32.2. The van der Waals surface area contributed by atoms with E-state index in [-0.39, 0.29) is 24.5 Å². The van der Waals surface area contributed by atoms with Crippen molar-refractivity contribution in [1.82, 2.24) is 4.90 Å². The molecule has 0 aromatic heterocycles. The summed E-state index contributed by atoms with van der Waals surface area (Å²) >= 11 is 1.63. The molecule has 0 saturated carbocycles. The first-order chi connectivity index (χ1) is 9.43. The first-order valence-electron chi connectivity index (χ1n) is 7.05. The number of ether oxygens (including phenoxy) is 1. The molecular weight excluding hydrogens is 278 g/mol. The van der Waals surface area contributed by atoms with Crippen LogP contribution in [0.4, 0.5) is 0 Å². The van der Waals surface area contributed by atoms with Crippen molar-refractivity contribution in [3.63, 3.8) is 0 Å². The topological polar surface area (TPSA) is 66.8 Å². The van der Waals surface area contributed by atoms with Crippen LogP contribution in [0.5, 0.6) is 0 Å². The molecule has 1 saturated heterocycles. The molecule has 1 heterocycles. The van der Waals surface area contributed by atoms with E-state index < -0.39 is 5.97 Å². The number of rotatable bonds is 8. The van der Waals surface area contributed by atoms with Crippen molar-refractivity contribution in [1.29, 1.82) is 0 Å². The molecule has 2 atom stereocenters. The molecule has 1 aliphatic heterocycles. The van der Waals surface area contributed by atoms with Crippen LogP contribution in [0.25, 0.3) is 0 Å². The highest BCUT2D eigenvalue weighted by Crippen LogP contribution is 2.24. The highest BCUT2D eigenvalue weighted by Gasteiger charge is 2.36. The Morgan fingerprint density at radius 2 is 2.15 bits per heavy atom. The van der Waals surface area contributed by atoms with Crippen molar-refractivity contribution in [2.24, 2.45) is 5.92 Å². The summed E-state index contributed by atoms with van der Waals surface area (Å²) in [5.41, 5.74) is 0. The Morgan fingerprint density at radius 1 is 1.45 bits per heavy atom. The van der Waals surface area contributed by atoms with E-state index in [2.05, 4.69) is 13.8 Å². The second-order valence-electron chi connectivity index (χ2n) is 5.63. The van der Waals surface area contributed by atoms with Crippen LogP contribution in [0.2, 0.25) is 0 Å². The van der Waals surface area contributed by atoms with Gasteiger partial charge in [0.1, 0.15) is 0 Å². The molecule has 1 aliphatic rings. The molecule has 0 spiro atoms. The molecule has 0 bridgehead atoms. The number of amides is 1. The summed E-state index contributed by atoms with van der Waals surface area (Å²) in [6.07, 6.45) is 1.67. The number of hydrogen-bond donors (Lipinski definition) is 1. The van der Waals surface area contributed by atoms with E-state index in [1.807, 2.05) is 0 Å². The lowest BCUT2D eigenvalue weighted by Gasteiger charge is -2.23. The van der Waals surface area contributed by atoms with E-state index in [1.165, 1.54) is 0 Å². The minimum absolute atomic E-state index is 0.00224.